The molecule has 1 saturated carbocycles. The van der Waals surface area contributed by atoms with E-state index >= 15 is 0 Å². The molecular weight excluding hydrogens is 242 g/mol. The summed E-state index contributed by atoms with van der Waals surface area (Å²) in [4.78, 5) is 22.4. The molecule has 1 fully saturated rings. The fourth-order valence-corrected chi connectivity index (χ4v) is 2.58. The van der Waals surface area contributed by atoms with Gasteiger partial charge in [0.05, 0.1) is 12.0 Å². The van der Waals surface area contributed by atoms with Crippen LogP contribution in [0.3, 0.4) is 0 Å². The van der Waals surface area contributed by atoms with Gasteiger partial charge in [-0.25, -0.2) is 9.97 Å². The van der Waals surface area contributed by atoms with Gasteiger partial charge in [-0.3, -0.25) is 4.79 Å². The van der Waals surface area contributed by atoms with E-state index in [2.05, 4.69) is 26.3 Å². The molecule has 96 valence electrons. The minimum Gasteiger partial charge on any atom is -0.365 e. The molecule has 0 spiro atoms. The highest BCUT2D eigenvalue weighted by Gasteiger charge is 2.27. The molecule has 2 heterocycles. The minimum absolute atomic E-state index is 0.00649. The lowest BCUT2D eigenvalue weighted by Gasteiger charge is -2.16. The Hall–Kier alpha value is -2.42. The predicted molar refractivity (Wildman–Crippen MR) is 70.5 cm³/mol. The summed E-state index contributed by atoms with van der Waals surface area (Å²) in [6, 6.07) is 4.19. The highest BCUT2D eigenvalue weighted by atomic mass is 16.1. The molecule has 0 bridgehead atoms. The molecule has 2 N–H and O–H groups in total. The summed E-state index contributed by atoms with van der Waals surface area (Å²) in [5.41, 5.74) is 0.137. The third-order valence-electron chi connectivity index (χ3n) is 3.57. The number of nitrogens with zero attached hydrogens (tertiary/aromatic N) is 3. The van der Waals surface area contributed by atoms with E-state index in [1.807, 2.05) is 0 Å². The second-order valence-corrected chi connectivity index (χ2v) is 4.71. The number of fused-ring (bicyclic) bond motifs is 1. The van der Waals surface area contributed by atoms with Crippen LogP contribution in [0.15, 0.2) is 23.4 Å². The quantitative estimate of drug-likeness (QED) is 0.846. The van der Waals surface area contributed by atoms with Gasteiger partial charge in [-0.15, -0.1) is 0 Å². The number of pyridine rings is 1. The van der Waals surface area contributed by atoms with Crippen molar-refractivity contribution in [3.8, 4) is 6.07 Å². The zero-order valence-electron chi connectivity index (χ0n) is 10.3. The monoisotopic (exact) mass is 255 g/mol. The molecule has 19 heavy (non-hydrogen) atoms. The topological polar surface area (TPSA) is 94.5 Å². The number of nitrogens with one attached hydrogen (secondary N) is 2. The van der Waals surface area contributed by atoms with Gasteiger partial charge in [-0.1, -0.05) is 0 Å². The number of anilines is 1. The minimum atomic E-state index is -0.230. The molecule has 2 aromatic heterocycles. The third-order valence-corrected chi connectivity index (χ3v) is 3.57. The van der Waals surface area contributed by atoms with Crippen LogP contribution in [0, 0.1) is 17.2 Å². The summed E-state index contributed by atoms with van der Waals surface area (Å²) in [5.74, 6) is 0.635. The summed E-state index contributed by atoms with van der Waals surface area (Å²) in [6.45, 7) is 0. The Bertz CT molecular complexity index is 702. The van der Waals surface area contributed by atoms with Gasteiger partial charge in [-0.05, 0) is 25.3 Å². The van der Waals surface area contributed by atoms with E-state index < -0.39 is 0 Å². The van der Waals surface area contributed by atoms with Crippen LogP contribution in [0.25, 0.3) is 10.9 Å². The van der Waals surface area contributed by atoms with Gasteiger partial charge in [0.25, 0.3) is 5.56 Å². The van der Waals surface area contributed by atoms with E-state index in [1.165, 1.54) is 6.33 Å². The Kier molecular flexibility index (Phi) is 2.88. The van der Waals surface area contributed by atoms with Gasteiger partial charge in [0.2, 0.25) is 0 Å². The molecule has 2 aromatic rings. The molecule has 1 aliphatic carbocycles. The summed E-state index contributed by atoms with van der Waals surface area (Å²) >= 11 is 0. The van der Waals surface area contributed by atoms with Crippen molar-refractivity contribution in [2.75, 3.05) is 5.32 Å². The average Bonchev–Trinajstić information content (AvgIpc) is 2.87. The molecule has 3 rings (SSSR count). The first-order valence-corrected chi connectivity index (χ1v) is 6.28. The van der Waals surface area contributed by atoms with Crippen LogP contribution in [0.5, 0.6) is 0 Å². The fourth-order valence-electron chi connectivity index (χ4n) is 2.58. The van der Waals surface area contributed by atoms with E-state index in [0.29, 0.717) is 16.7 Å². The van der Waals surface area contributed by atoms with Crippen LogP contribution in [0.1, 0.15) is 19.3 Å². The standard InChI is InChI=1S/C13H13N5O/c14-6-8-2-1-3-10(8)18-12-9-4-5-15-13(19)11(9)16-7-17-12/h4-5,7-8,10H,1-3H2,(H,15,19)(H,16,17,18)/t8-,10+/m0/s1. The Morgan fingerprint density at radius 3 is 3.16 bits per heavy atom. The number of aromatic amines is 1. The fraction of sp³-hybridized carbons (Fsp3) is 0.385. The lowest BCUT2D eigenvalue weighted by molar-refractivity contribution is 0.628. The molecule has 0 aliphatic heterocycles. The van der Waals surface area contributed by atoms with Gasteiger partial charge in [0.1, 0.15) is 17.7 Å². The van der Waals surface area contributed by atoms with Gasteiger partial charge >= 0.3 is 0 Å². The highest BCUT2D eigenvalue weighted by molar-refractivity contribution is 5.87. The van der Waals surface area contributed by atoms with E-state index in [0.717, 1.165) is 19.3 Å². The molecule has 1 aliphatic rings. The van der Waals surface area contributed by atoms with Crippen LogP contribution in [-0.4, -0.2) is 21.0 Å². The van der Waals surface area contributed by atoms with Crippen molar-refractivity contribution in [1.29, 1.82) is 5.26 Å². The zero-order valence-corrected chi connectivity index (χ0v) is 10.3. The van der Waals surface area contributed by atoms with Crippen molar-refractivity contribution < 1.29 is 0 Å². The lowest BCUT2D eigenvalue weighted by atomic mass is 10.1. The van der Waals surface area contributed by atoms with E-state index in [1.54, 1.807) is 12.3 Å². The molecular formula is C13H13N5O. The van der Waals surface area contributed by atoms with Crippen molar-refractivity contribution in [2.24, 2.45) is 5.92 Å². The molecule has 6 nitrogen and oxygen atoms in total. The number of rotatable bonds is 2. The molecule has 0 radical (unpaired) electrons. The third kappa shape index (κ3) is 2.03. The summed E-state index contributed by atoms with van der Waals surface area (Å²) in [5, 5.41) is 13.1. The van der Waals surface area contributed by atoms with Crippen molar-refractivity contribution >= 4 is 16.7 Å². The number of aromatic nitrogens is 3. The lowest BCUT2D eigenvalue weighted by Crippen LogP contribution is -2.24. The van der Waals surface area contributed by atoms with Crippen LogP contribution >= 0.6 is 0 Å². The maximum atomic E-state index is 11.7. The van der Waals surface area contributed by atoms with E-state index in [4.69, 9.17) is 5.26 Å². The van der Waals surface area contributed by atoms with Crippen LogP contribution in [-0.2, 0) is 0 Å². The van der Waals surface area contributed by atoms with Gasteiger partial charge < -0.3 is 10.3 Å². The smallest absolute Gasteiger partial charge is 0.274 e. The number of hydrogen-bond acceptors (Lipinski definition) is 5. The van der Waals surface area contributed by atoms with Crippen molar-refractivity contribution in [2.45, 2.75) is 25.3 Å². The number of hydrogen-bond donors (Lipinski definition) is 2. The van der Waals surface area contributed by atoms with Crippen LogP contribution in [0.4, 0.5) is 5.82 Å². The summed E-state index contributed by atoms with van der Waals surface area (Å²) in [7, 11) is 0. The van der Waals surface area contributed by atoms with E-state index in [-0.39, 0.29) is 17.5 Å². The average molecular weight is 255 g/mol. The highest BCUT2D eigenvalue weighted by Crippen LogP contribution is 2.28. The summed E-state index contributed by atoms with van der Waals surface area (Å²) in [6.07, 6.45) is 5.86. The Morgan fingerprint density at radius 2 is 2.32 bits per heavy atom. The summed E-state index contributed by atoms with van der Waals surface area (Å²) < 4.78 is 0. The van der Waals surface area contributed by atoms with Crippen LogP contribution < -0.4 is 10.9 Å². The predicted octanol–water partition coefficient (Wildman–Crippen LogP) is 1.42. The van der Waals surface area contributed by atoms with Gasteiger partial charge in [0, 0.05) is 17.6 Å². The Morgan fingerprint density at radius 1 is 1.42 bits per heavy atom. The second kappa shape index (κ2) is 4.69. The molecule has 0 unspecified atom stereocenters. The molecule has 0 saturated heterocycles. The van der Waals surface area contributed by atoms with Crippen molar-refractivity contribution in [3.63, 3.8) is 0 Å². The van der Waals surface area contributed by atoms with Crippen molar-refractivity contribution in [3.05, 3.63) is 28.9 Å². The maximum Gasteiger partial charge on any atom is 0.274 e. The molecule has 6 heteroatoms. The normalized spacial score (nSPS) is 22.3. The molecule has 0 amide bonds. The first kappa shape index (κ1) is 11.7. The first-order valence-electron chi connectivity index (χ1n) is 6.28. The van der Waals surface area contributed by atoms with E-state index in [9.17, 15) is 4.79 Å². The molecule has 0 aromatic carbocycles. The number of H-pyrrole nitrogens is 1. The van der Waals surface area contributed by atoms with Gasteiger partial charge in [0.15, 0.2) is 0 Å². The largest absolute Gasteiger partial charge is 0.365 e. The zero-order chi connectivity index (χ0) is 13.2. The maximum absolute atomic E-state index is 11.7. The second-order valence-electron chi connectivity index (χ2n) is 4.71. The molecule has 2 atom stereocenters. The Balaban J connectivity index is 2.00. The SMILES string of the molecule is N#C[C@@H]1CCC[C@H]1Nc1ncnc2c(=O)[nH]ccc12. The van der Waals surface area contributed by atoms with Crippen LogP contribution in [0.2, 0.25) is 0 Å². The first-order chi connectivity index (χ1) is 9.29. The Labute approximate surface area is 109 Å². The number of nitriles is 1. The van der Waals surface area contributed by atoms with Crippen molar-refractivity contribution in [1.82, 2.24) is 15.0 Å². The van der Waals surface area contributed by atoms with Gasteiger partial charge in [-0.2, -0.15) is 5.26 Å².